The van der Waals surface area contributed by atoms with E-state index < -0.39 is 11.9 Å². The van der Waals surface area contributed by atoms with E-state index in [0.29, 0.717) is 11.3 Å². The molecule has 2 aliphatic heterocycles. The van der Waals surface area contributed by atoms with E-state index >= 15 is 0 Å². The summed E-state index contributed by atoms with van der Waals surface area (Å²) in [4.78, 5) is 32.7. The zero-order valence-corrected chi connectivity index (χ0v) is 17.7. The quantitative estimate of drug-likeness (QED) is 0.401. The molecule has 0 aromatic heterocycles. The molecule has 2 aromatic rings. The van der Waals surface area contributed by atoms with Crippen molar-refractivity contribution in [2.75, 3.05) is 37.1 Å². The van der Waals surface area contributed by atoms with Gasteiger partial charge in [0.05, 0.1) is 12.3 Å². The molecule has 5 nitrogen and oxygen atoms in total. The fourth-order valence-corrected chi connectivity index (χ4v) is 6.20. The van der Waals surface area contributed by atoms with Crippen molar-refractivity contribution in [1.82, 2.24) is 4.90 Å². The lowest BCUT2D eigenvalue weighted by Gasteiger charge is -2.14. The molecule has 2 heterocycles. The van der Waals surface area contributed by atoms with Crippen LogP contribution < -0.4 is 0 Å². The SMILES string of the molecule is CCOC(=O)C1=C2C(=NC1=O)c1cccc3c(SCCN4CCSC4)ccc2c13. The molecule has 148 valence electrons. The van der Waals surface area contributed by atoms with Crippen LogP contribution in [0.15, 0.2) is 45.8 Å². The summed E-state index contributed by atoms with van der Waals surface area (Å²) < 4.78 is 5.12. The number of rotatable bonds is 6. The third-order valence-electron chi connectivity index (χ3n) is 5.41. The third kappa shape index (κ3) is 3.12. The van der Waals surface area contributed by atoms with Crippen LogP contribution in [0.3, 0.4) is 0 Å². The first-order chi connectivity index (χ1) is 14.2. The molecule has 0 atom stereocenters. The van der Waals surface area contributed by atoms with Gasteiger partial charge in [-0.15, -0.1) is 23.5 Å². The Labute approximate surface area is 177 Å². The normalized spacial score (nSPS) is 18.0. The minimum absolute atomic E-state index is 0.0614. The second kappa shape index (κ2) is 7.63. The molecule has 0 saturated carbocycles. The minimum atomic E-state index is -0.589. The largest absolute Gasteiger partial charge is 0.462 e. The first-order valence-electron chi connectivity index (χ1n) is 9.73. The van der Waals surface area contributed by atoms with Crippen molar-refractivity contribution >= 4 is 57.5 Å². The average Bonchev–Trinajstić information content (AvgIpc) is 3.41. The van der Waals surface area contributed by atoms with Gasteiger partial charge >= 0.3 is 5.97 Å². The van der Waals surface area contributed by atoms with E-state index in [4.69, 9.17) is 4.74 Å². The summed E-state index contributed by atoms with van der Waals surface area (Å²) in [5.74, 6) is 2.30. The van der Waals surface area contributed by atoms with Crippen molar-refractivity contribution in [1.29, 1.82) is 0 Å². The van der Waals surface area contributed by atoms with Gasteiger partial charge in [0.25, 0.3) is 5.91 Å². The molecular weight excluding hydrogens is 404 g/mol. The highest BCUT2D eigenvalue weighted by Crippen LogP contribution is 2.45. The third-order valence-corrected chi connectivity index (χ3v) is 7.48. The molecule has 1 amide bonds. The Bertz CT molecular complexity index is 1100. The number of amides is 1. The molecule has 0 radical (unpaired) electrons. The molecule has 1 saturated heterocycles. The van der Waals surface area contributed by atoms with Crippen LogP contribution in [0.2, 0.25) is 0 Å². The molecule has 2 aromatic carbocycles. The Morgan fingerprint density at radius 2 is 2.17 bits per heavy atom. The van der Waals surface area contributed by atoms with E-state index in [9.17, 15) is 9.59 Å². The minimum Gasteiger partial charge on any atom is -0.462 e. The summed E-state index contributed by atoms with van der Waals surface area (Å²) in [6.45, 7) is 4.22. The smallest absolute Gasteiger partial charge is 0.344 e. The van der Waals surface area contributed by atoms with Gasteiger partial charge in [0.2, 0.25) is 0 Å². The van der Waals surface area contributed by atoms with Gasteiger partial charge in [-0.2, -0.15) is 0 Å². The molecule has 0 N–H and O–H groups in total. The molecule has 0 unspecified atom stereocenters. The van der Waals surface area contributed by atoms with Crippen molar-refractivity contribution in [2.24, 2.45) is 4.99 Å². The van der Waals surface area contributed by atoms with Crippen molar-refractivity contribution in [2.45, 2.75) is 11.8 Å². The highest BCUT2D eigenvalue weighted by Gasteiger charge is 2.39. The van der Waals surface area contributed by atoms with Crippen LogP contribution in [-0.2, 0) is 14.3 Å². The lowest BCUT2D eigenvalue weighted by atomic mass is 10.0. The predicted octanol–water partition coefficient (Wildman–Crippen LogP) is 3.60. The fourth-order valence-electron chi connectivity index (χ4n) is 4.11. The van der Waals surface area contributed by atoms with Crippen LogP contribution in [0.1, 0.15) is 18.1 Å². The Kier molecular flexibility index (Phi) is 4.97. The monoisotopic (exact) mass is 424 g/mol. The number of carbonyl (C=O) groups excluding carboxylic acids is 2. The van der Waals surface area contributed by atoms with Crippen molar-refractivity contribution in [3.05, 3.63) is 47.0 Å². The first kappa shape index (κ1) is 18.9. The van der Waals surface area contributed by atoms with E-state index in [1.54, 1.807) is 6.92 Å². The number of aliphatic imine (C=N–C) groups is 1. The Hall–Kier alpha value is -2.09. The summed E-state index contributed by atoms with van der Waals surface area (Å²) in [6.07, 6.45) is 0. The molecule has 0 bridgehead atoms. The molecular formula is C22H20N2O3S2. The van der Waals surface area contributed by atoms with Crippen molar-refractivity contribution in [3.8, 4) is 0 Å². The predicted molar refractivity (Wildman–Crippen MR) is 119 cm³/mol. The van der Waals surface area contributed by atoms with E-state index in [1.165, 1.54) is 17.2 Å². The number of esters is 1. The lowest BCUT2D eigenvalue weighted by Crippen LogP contribution is -2.22. The number of hydrogen-bond donors (Lipinski definition) is 0. The van der Waals surface area contributed by atoms with E-state index in [-0.39, 0.29) is 12.2 Å². The van der Waals surface area contributed by atoms with E-state index in [2.05, 4.69) is 22.0 Å². The molecule has 3 aliphatic rings. The standard InChI is InChI=1S/C22H20N2O3S2/c1-2-27-22(26)19-18-14-6-7-16(29-11-9-24-8-10-28-12-24)13-4-3-5-15(17(13)14)20(18)23-21(19)25/h3-7H,2,8-12H2,1H3. The fraction of sp³-hybridized carbons (Fsp3) is 0.318. The number of thioether (sulfide) groups is 2. The van der Waals surface area contributed by atoms with Gasteiger partial charge in [0, 0.05) is 51.9 Å². The molecule has 1 aliphatic carbocycles. The maximum atomic E-state index is 12.4. The summed E-state index contributed by atoms with van der Waals surface area (Å²) in [7, 11) is 0. The Morgan fingerprint density at radius 3 is 2.97 bits per heavy atom. The lowest BCUT2D eigenvalue weighted by molar-refractivity contribution is -0.139. The number of allylic oxidation sites excluding steroid dienone is 1. The molecule has 1 fully saturated rings. The van der Waals surface area contributed by atoms with Crippen LogP contribution in [0, 0.1) is 0 Å². The number of benzene rings is 2. The Balaban J connectivity index is 1.53. The van der Waals surface area contributed by atoms with E-state index in [1.807, 2.05) is 41.7 Å². The number of hydrogen-bond acceptors (Lipinski definition) is 6. The van der Waals surface area contributed by atoms with Gasteiger partial charge in [0.15, 0.2) is 0 Å². The summed E-state index contributed by atoms with van der Waals surface area (Å²) in [6, 6.07) is 10.2. The summed E-state index contributed by atoms with van der Waals surface area (Å²) in [5.41, 5.74) is 3.13. The van der Waals surface area contributed by atoms with Crippen LogP contribution in [0.25, 0.3) is 16.3 Å². The molecule has 0 spiro atoms. The van der Waals surface area contributed by atoms with Crippen molar-refractivity contribution < 1.29 is 14.3 Å². The molecule has 5 rings (SSSR count). The highest BCUT2D eigenvalue weighted by molar-refractivity contribution is 7.99. The number of fused-ring (bicyclic) bond motifs is 3. The summed E-state index contributed by atoms with van der Waals surface area (Å²) >= 11 is 3.85. The van der Waals surface area contributed by atoms with Crippen LogP contribution >= 0.6 is 23.5 Å². The van der Waals surface area contributed by atoms with Gasteiger partial charge in [0.1, 0.15) is 5.57 Å². The Morgan fingerprint density at radius 1 is 1.28 bits per heavy atom. The van der Waals surface area contributed by atoms with Crippen LogP contribution in [0.4, 0.5) is 0 Å². The van der Waals surface area contributed by atoms with E-state index in [0.717, 1.165) is 40.1 Å². The van der Waals surface area contributed by atoms with Gasteiger partial charge in [-0.3, -0.25) is 9.69 Å². The first-order valence-corrected chi connectivity index (χ1v) is 11.9. The number of ether oxygens (including phenoxy) is 1. The zero-order chi connectivity index (χ0) is 20.0. The van der Waals surface area contributed by atoms with Gasteiger partial charge in [-0.1, -0.05) is 24.3 Å². The number of nitrogens with zero attached hydrogens (tertiary/aromatic N) is 2. The maximum absolute atomic E-state index is 12.4. The van der Waals surface area contributed by atoms with Crippen LogP contribution in [-0.4, -0.2) is 59.6 Å². The van der Waals surface area contributed by atoms with Crippen molar-refractivity contribution in [3.63, 3.8) is 0 Å². The zero-order valence-electron chi connectivity index (χ0n) is 16.1. The van der Waals surface area contributed by atoms with Gasteiger partial charge in [-0.25, -0.2) is 9.79 Å². The topological polar surface area (TPSA) is 59.0 Å². The summed E-state index contributed by atoms with van der Waals surface area (Å²) in [5, 5.41) is 2.23. The molecule has 7 heteroatoms. The molecule has 29 heavy (non-hydrogen) atoms. The van der Waals surface area contributed by atoms with Gasteiger partial charge in [-0.05, 0) is 23.9 Å². The second-order valence-electron chi connectivity index (χ2n) is 7.08. The number of carbonyl (C=O) groups is 2. The van der Waals surface area contributed by atoms with Crippen LogP contribution in [0.5, 0.6) is 0 Å². The second-order valence-corrected chi connectivity index (χ2v) is 9.29. The highest BCUT2D eigenvalue weighted by atomic mass is 32.2. The average molecular weight is 425 g/mol. The van der Waals surface area contributed by atoms with Gasteiger partial charge < -0.3 is 4.74 Å². The maximum Gasteiger partial charge on any atom is 0.344 e.